The van der Waals surface area contributed by atoms with Gasteiger partial charge in [0, 0.05) is 37.8 Å². The van der Waals surface area contributed by atoms with E-state index < -0.39 is 6.04 Å². The molecule has 0 bridgehead atoms. The Balaban J connectivity index is 1.48. The molecule has 6 heteroatoms. The van der Waals surface area contributed by atoms with Crippen molar-refractivity contribution in [3.05, 3.63) is 66.0 Å². The Bertz CT molecular complexity index is 829. The number of rotatable bonds is 5. The Hall–Kier alpha value is -2.73. The van der Waals surface area contributed by atoms with E-state index >= 15 is 0 Å². The van der Waals surface area contributed by atoms with Crippen LogP contribution in [-0.2, 0) is 9.59 Å². The lowest BCUT2D eigenvalue weighted by Crippen LogP contribution is -2.52. The molecule has 1 atom stereocenters. The van der Waals surface area contributed by atoms with Crippen molar-refractivity contribution in [3.63, 3.8) is 0 Å². The highest BCUT2D eigenvalue weighted by Crippen LogP contribution is 2.32. The summed E-state index contributed by atoms with van der Waals surface area (Å²) in [6, 6.07) is 15.0. The largest absolute Gasteiger partial charge is 0.340 e. The average molecular weight is 381 g/mol. The minimum atomic E-state index is -0.454. The lowest BCUT2D eigenvalue weighted by atomic mass is 10.0. The molecule has 1 aliphatic carbocycles. The smallest absolute Gasteiger partial charge is 0.246 e. The van der Waals surface area contributed by atoms with Crippen LogP contribution in [0.1, 0.15) is 24.4 Å². The molecule has 2 amide bonds. The van der Waals surface area contributed by atoms with Crippen LogP contribution in [0.25, 0.3) is 0 Å². The van der Waals surface area contributed by atoms with Gasteiger partial charge in [0.2, 0.25) is 11.8 Å². The third-order valence-electron chi connectivity index (χ3n) is 5.39. The van der Waals surface area contributed by atoms with Crippen LogP contribution in [-0.4, -0.2) is 47.8 Å². The Morgan fingerprint density at radius 2 is 1.57 bits per heavy atom. The van der Waals surface area contributed by atoms with Gasteiger partial charge >= 0.3 is 0 Å². The molecular weight excluding hydrogens is 357 g/mol. The fourth-order valence-corrected chi connectivity index (χ4v) is 3.70. The molecule has 146 valence electrons. The highest BCUT2D eigenvalue weighted by atomic mass is 19.1. The summed E-state index contributed by atoms with van der Waals surface area (Å²) in [5.41, 5.74) is 1.47. The Labute approximate surface area is 164 Å². The third kappa shape index (κ3) is 4.22. The summed E-state index contributed by atoms with van der Waals surface area (Å²) >= 11 is 0. The van der Waals surface area contributed by atoms with E-state index in [4.69, 9.17) is 0 Å². The zero-order chi connectivity index (χ0) is 19.5. The fraction of sp³-hybridized carbons (Fsp3) is 0.364. The minimum Gasteiger partial charge on any atom is -0.340 e. The molecule has 1 unspecified atom stereocenters. The topological polar surface area (TPSA) is 52.7 Å². The molecule has 1 N–H and O–H groups in total. The molecule has 0 aromatic heterocycles. The molecule has 1 saturated carbocycles. The van der Waals surface area contributed by atoms with E-state index in [1.165, 1.54) is 12.1 Å². The van der Waals surface area contributed by atoms with E-state index in [0.717, 1.165) is 18.4 Å². The van der Waals surface area contributed by atoms with Crippen LogP contribution >= 0.6 is 0 Å². The van der Waals surface area contributed by atoms with Crippen molar-refractivity contribution in [2.45, 2.75) is 18.9 Å². The van der Waals surface area contributed by atoms with Gasteiger partial charge in [-0.3, -0.25) is 14.5 Å². The summed E-state index contributed by atoms with van der Waals surface area (Å²) in [7, 11) is 0. The lowest BCUT2D eigenvalue weighted by Gasteiger charge is -2.39. The highest BCUT2D eigenvalue weighted by molar-refractivity contribution is 5.95. The minimum absolute atomic E-state index is 0.153. The normalized spacial score (nSPS) is 18.5. The summed E-state index contributed by atoms with van der Waals surface area (Å²) in [4.78, 5) is 29.5. The van der Waals surface area contributed by atoms with Crippen LogP contribution in [0, 0.1) is 11.7 Å². The first kappa shape index (κ1) is 18.6. The van der Waals surface area contributed by atoms with E-state index in [9.17, 15) is 14.0 Å². The molecule has 2 aromatic rings. The number of hydrogen-bond donors (Lipinski definition) is 1. The quantitative estimate of drug-likeness (QED) is 0.866. The predicted octanol–water partition coefficient (Wildman–Crippen LogP) is 3.06. The number of anilines is 1. The van der Waals surface area contributed by atoms with E-state index in [1.807, 2.05) is 35.2 Å². The van der Waals surface area contributed by atoms with Gasteiger partial charge in [0.15, 0.2) is 0 Å². The first-order valence-electron chi connectivity index (χ1n) is 9.76. The third-order valence-corrected chi connectivity index (χ3v) is 5.39. The van der Waals surface area contributed by atoms with Crippen LogP contribution in [0.2, 0.25) is 0 Å². The SMILES string of the molecule is O=C(Nc1ccc(F)cc1)C(c1ccccc1)N1CCN(C(=O)C2CC2)CC1. The monoisotopic (exact) mass is 381 g/mol. The molecule has 1 heterocycles. The molecule has 2 fully saturated rings. The molecule has 28 heavy (non-hydrogen) atoms. The van der Waals surface area contributed by atoms with Gasteiger partial charge in [-0.05, 0) is 42.7 Å². The summed E-state index contributed by atoms with van der Waals surface area (Å²) in [6.45, 7) is 2.58. The van der Waals surface area contributed by atoms with E-state index in [1.54, 1.807) is 12.1 Å². The van der Waals surface area contributed by atoms with Crippen molar-refractivity contribution in [3.8, 4) is 0 Å². The zero-order valence-electron chi connectivity index (χ0n) is 15.7. The van der Waals surface area contributed by atoms with Crippen LogP contribution in [0.5, 0.6) is 0 Å². The molecule has 2 aliphatic rings. The molecule has 1 saturated heterocycles. The van der Waals surface area contributed by atoms with Crippen molar-refractivity contribution in [1.82, 2.24) is 9.80 Å². The lowest BCUT2D eigenvalue weighted by molar-refractivity contribution is -0.135. The first-order chi connectivity index (χ1) is 13.6. The second-order valence-electron chi connectivity index (χ2n) is 7.44. The van der Waals surface area contributed by atoms with Crippen LogP contribution in [0.3, 0.4) is 0 Å². The molecule has 4 rings (SSSR count). The number of piperazine rings is 1. The number of carbonyl (C=O) groups excluding carboxylic acids is 2. The van der Waals surface area contributed by atoms with Gasteiger partial charge in [-0.15, -0.1) is 0 Å². The van der Waals surface area contributed by atoms with E-state index in [0.29, 0.717) is 31.9 Å². The van der Waals surface area contributed by atoms with Gasteiger partial charge in [0.05, 0.1) is 0 Å². The summed E-state index contributed by atoms with van der Waals surface area (Å²) < 4.78 is 13.1. The number of carbonyl (C=O) groups is 2. The van der Waals surface area contributed by atoms with E-state index in [2.05, 4.69) is 10.2 Å². The highest BCUT2D eigenvalue weighted by Gasteiger charge is 2.36. The molecule has 0 radical (unpaired) electrons. The second-order valence-corrected chi connectivity index (χ2v) is 7.44. The number of amides is 2. The van der Waals surface area contributed by atoms with Gasteiger partial charge in [-0.25, -0.2) is 4.39 Å². The van der Waals surface area contributed by atoms with Crippen LogP contribution < -0.4 is 5.32 Å². The van der Waals surface area contributed by atoms with Crippen molar-refractivity contribution in [2.75, 3.05) is 31.5 Å². The maximum atomic E-state index is 13.1. The zero-order valence-corrected chi connectivity index (χ0v) is 15.7. The molecule has 0 spiro atoms. The summed E-state index contributed by atoms with van der Waals surface area (Å²) in [5, 5.41) is 2.90. The number of hydrogen-bond acceptors (Lipinski definition) is 3. The van der Waals surface area contributed by atoms with Crippen LogP contribution in [0.4, 0.5) is 10.1 Å². The van der Waals surface area contributed by atoms with Crippen molar-refractivity contribution in [2.24, 2.45) is 5.92 Å². The van der Waals surface area contributed by atoms with Gasteiger partial charge in [-0.1, -0.05) is 30.3 Å². The van der Waals surface area contributed by atoms with Crippen LogP contribution in [0.15, 0.2) is 54.6 Å². The van der Waals surface area contributed by atoms with Crippen molar-refractivity contribution < 1.29 is 14.0 Å². The number of halogens is 1. The average Bonchev–Trinajstić information content (AvgIpc) is 3.56. The Morgan fingerprint density at radius 3 is 2.18 bits per heavy atom. The predicted molar refractivity (Wildman–Crippen MR) is 105 cm³/mol. The first-order valence-corrected chi connectivity index (χ1v) is 9.76. The second kappa shape index (κ2) is 8.10. The van der Waals surface area contributed by atoms with Crippen molar-refractivity contribution >= 4 is 17.5 Å². The number of nitrogens with zero attached hydrogens (tertiary/aromatic N) is 2. The maximum absolute atomic E-state index is 13.1. The molecule has 1 aliphatic heterocycles. The van der Waals surface area contributed by atoms with Gasteiger partial charge in [-0.2, -0.15) is 0 Å². The van der Waals surface area contributed by atoms with Gasteiger partial charge in [0.25, 0.3) is 0 Å². The molecule has 5 nitrogen and oxygen atoms in total. The Kier molecular flexibility index (Phi) is 5.39. The number of benzene rings is 2. The molecular formula is C22H24FN3O2. The number of nitrogens with one attached hydrogen (secondary N) is 1. The molecule has 2 aromatic carbocycles. The summed E-state index contributed by atoms with van der Waals surface area (Å²) in [5.74, 6) is -0.0150. The standard InChI is InChI=1S/C22H24FN3O2/c23-18-8-10-19(11-9-18)24-21(27)20(16-4-2-1-3-5-16)25-12-14-26(15-13-25)22(28)17-6-7-17/h1-5,8-11,17,20H,6-7,12-15H2,(H,24,27). The summed E-state index contributed by atoms with van der Waals surface area (Å²) in [6.07, 6.45) is 2.01. The Morgan fingerprint density at radius 1 is 0.929 bits per heavy atom. The fourth-order valence-electron chi connectivity index (χ4n) is 3.70. The van der Waals surface area contributed by atoms with Crippen molar-refractivity contribution in [1.29, 1.82) is 0 Å². The van der Waals surface area contributed by atoms with Gasteiger partial charge in [0.1, 0.15) is 11.9 Å². The van der Waals surface area contributed by atoms with Gasteiger partial charge < -0.3 is 10.2 Å². The maximum Gasteiger partial charge on any atom is 0.246 e. The van der Waals surface area contributed by atoms with E-state index in [-0.39, 0.29) is 23.5 Å².